The van der Waals surface area contributed by atoms with E-state index in [0.717, 1.165) is 24.8 Å². The van der Waals surface area contributed by atoms with Crippen LogP contribution in [-0.4, -0.2) is 35.8 Å². The van der Waals surface area contributed by atoms with Gasteiger partial charge >= 0.3 is 0 Å². The SMILES string of the molecule is CC1CCCCN1S(=O)(=O)c1ccc(C(=O)N=c2sc3cc(F)ccc3n2C)cc1. The van der Waals surface area contributed by atoms with Crippen LogP contribution < -0.4 is 4.80 Å². The Morgan fingerprint density at radius 3 is 2.60 bits per heavy atom. The monoisotopic (exact) mass is 447 g/mol. The summed E-state index contributed by atoms with van der Waals surface area (Å²) in [5, 5.41) is 0. The van der Waals surface area contributed by atoms with Crippen LogP contribution in [0.4, 0.5) is 4.39 Å². The number of thiazole rings is 1. The number of aromatic nitrogens is 1. The summed E-state index contributed by atoms with van der Waals surface area (Å²) < 4.78 is 43.3. The number of carbonyl (C=O) groups is 1. The molecule has 0 N–H and O–H groups in total. The second kappa shape index (κ2) is 8.05. The van der Waals surface area contributed by atoms with Crippen LogP contribution in [0.25, 0.3) is 10.2 Å². The Morgan fingerprint density at radius 1 is 1.17 bits per heavy atom. The standard InChI is InChI=1S/C21H22FN3O3S2/c1-14-5-3-4-12-25(14)30(27,28)17-9-6-15(7-10-17)20(26)23-21-24(2)18-11-8-16(22)13-19(18)29-21/h6-11,13-14H,3-5,12H2,1-2H3. The first kappa shape index (κ1) is 20.9. The van der Waals surface area contributed by atoms with Crippen molar-refractivity contribution in [2.75, 3.05) is 6.54 Å². The van der Waals surface area contributed by atoms with Crippen molar-refractivity contribution >= 4 is 37.5 Å². The Kier molecular flexibility index (Phi) is 5.61. The lowest BCUT2D eigenvalue weighted by molar-refractivity contribution is 0.0998. The predicted molar refractivity (Wildman–Crippen MR) is 114 cm³/mol. The Balaban J connectivity index is 1.62. The number of hydrogen-bond acceptors (Lipinski definition) is 4. The van der Waals surface area contributed by atoms with E-state index in [1.54, 1.807) is 17.7 Å². The van der Waals surface area contributed by atoms with Gasteiger partial charge in [0, 0.05) is 25.2 Å². The minimum absolute atomic E-state index is 0.0298. The van der Waals surface area contributed by atoms with Crippen LogP contribution in [0.2, 0.25) is 0 Å². The molecular weight excluding hydrogens is 425 g/mol. The van der Waals surface area contributed by atoms with Gasteiger partial charge in [0.1, 0.15) is 5.82 Å². The van der Waals surface area contributed by atoms with E-state index in [9.17, 15) is 17.6 Å². The van der Waals surface area contributed by atoms with Gasteiger partial charge in [0.05, 0.1) is 15.1 Å². The molecule has 2 heterocycles. The fourth-order valence-corrected chi connectivity index (χ4v) is 6.44. The highest BCUT2D eigenvalue weighted by Gasteiger charge is 2.30. The zero-order valence-corrected chi connectivity index (χ0v) is 18.3. The van der Waals surface area contributed by atoms with Gasteiger partial charge in [-0.25, -0.2) is 12.8 Å². The molecule has 1 aliphatic rings. The number of piperidine rings is 1. The Morgan fingerprint density at radius 2 is 1.90 bits per heavy atom. The first-order valence-corrected chi connectivity index (χ1v) is 12.0. The number of aryl methyl sites for hydroxylation is 1. The fourth-order valence-electron chi connectivity index (χ4n) is 3.70. The molecule has 1 fully saturated rings. The number of sulfonamides is 1. The van der Waals surface area contributed by atoms with E-state index in [4.69, 9.17) is 0 Å². The van der Waals surface area contributed by atoms with Gasteiger partial charge < -0.3 is 4.57 Å². The number of nitrogens with zero attached hydrogens (tertiary/aromatic N) is 3. The average Bonchev–Trinajstić information content (AvgIpc) is 3.02. The Hall–Kier alpha value is -2.36. The number of benzene rings is 2. The molecule has 1 saturated heterocycles. The maximum absolute atomic E-state index is 13.4. The number of halogens is 1. The number of amides is 1. The number of fused-ring (bicyclic) bond motifs is 1. The topological polar surface area (TPSA) is 71.7 Å². The predicted octanol–water partition coefficient (Wildman–Crippen LogP) is 3.68. The van der Waals surface area contributed by atoms with Crippen molar-refractivity contribution in [3.05, 3.63) is 58.6 Å². The Bertz CT molecular complexity index is 1280. The highest BCUT2D eigenvalue weighted by atomic mass is 32.2. The number of rotatable bonds is 3. The maximum Gasteiger partial charge on any atom is 0.279 e. The van der Waals surface area contributed by atoms with Gasteiger partial charge in [-0.3, -0.25) is 4.79 Å². The summed E-state index contributed by atoms with van der Waals surface area (Å²) in [6.45, 7) is 2.44. The van der Waals surface area contributed by atoms with Crippen LogP contribution in [0.15, 0.2) is 52.4 Å². The van der Waals surface area contributed by atoms with Crippen LogP contribution in [0.5, 0.6) is 0 Å². The van der Waals surface area contributed by atoms with Crippen LogP contribution in [0.3, 0.4) is 0 Å². The van der Waals surface area contributed by atoms with Crippen LogP contribution in [0.1, 0.15) is 36.5 Å². The van der Waals surface area contributed by atoms with Gasteiger partial charge in [-0.2, -0.15) is 9.30 Å². The van der Waals surface area contributed by atoms with Crippen molar-refractivity contribution in [1.29, 1.82) is 0 Å². The van der Waals surface area contributed by atoms with E-state index < -0.39 is 15.9 Å². The molecule has 2 aromatic carbocycles. The molecule has 1 aromatic heterocycles. The second-order valence-corrected chi connectivity index (χ2v) is 10.4. The molecule has 0 radical (unpaired) electrons. The van der Waals surface area contributed by atoms with E-state index in [1.807, 2.05) is 6.92 Å². The molecule has 30 heavy (non-hydrogen) atoms. The van der Waals surface area contributed by atoms with Crippen molar-refractivity contribution in [2.45, 2.75) is 37.1 Å². The highest BCUT2D eigenvalue weighted by molar-refractivity contribution is 7.89. The molecule has 1 aliphatic heterocycles. The first-order valence-electron chi connectivity index (χ1n) is 9.73. The molecule has 0 spiro atoms. The first-order chi connectivity index (χ1) is 14.3. The number of hydrogen-bond donors (Lipinski definition) is 0. The van der Waals surface area contributed by atoms with E-state index in [-0.39, 0.29) is 16.8 Å². The average molecular weight is 448 g/mol. The summed E-state index contributed by atoms with van der Waals surface area (Å²) in [6, 6.07) is 10.3. The third kappa shape index (κ3) is 3.84. The van der Waals surface area contributed by atoms with E-state index in [2.05, 4.69) is 4.99 Å². The van der Waals surface area contributed by atoms with Gasteiger partial charge in [-0.15, -0.1) is 0 Å². The molecule has 0 saturated carbocycles. The normalized spacial score (nSPS) is 18.8. The molecule has 3 aromatic rings. The smallest absolute Gasteiger partial charge is 0.279 e. The third-order valence-corrected chi connectivity index (χ3v) is 8.54. The van der Waals surface area contributed by atoms with Crippen LogP contribution in [-0.2, 0) is 17.1 Å². The maximum atomic E-state index is 13.4. The number of carbonyl (C=O) groups excluding carboxylic acids is 1. The molecule has 158 valence electrons. The lowest BCUT2D eigenvalue weighted by Gasteiger charge is -2.32. The summed E-state index contributed by atoms with van der Waals surface area (Å²) in [5.74, 6) is -0.824. The zero-order chi connectivity index (χ0) is 21.5. The molecule has 9 heteroatoms. The fraction of sp³-hybridized carbons (Fsp3) is 0.333. The van der Waals surface area contributed by atoms with Gasteiger partial charge in [0.15, 0.2) is 4.80 Å². The van der Waals surface area contributed by atoms with Crippen LogP contribution >= 0.6 is 11.3 Å². The molecule has 6 nitrogen and oxygen atoms in total. The minimum Gasteiger partial charge on any atom is -0.319 e. The molecule has 0 aliphatic carbocycles. The van der Waals surface area contributed by atoms with Gasteiger partial charge in [0.2, 0.25) is 10.0 Å². The van der Waals surface area contributed by atoms with Gasteiger partial charge in [-0.1, -0.05) is 17.8 Å². The summed E-state index contributed by atoms with van der Waals surface area (Å²) in [4.78, 5) is 17.4. The molecule has 1 unspecified atom stereocenters. The Labute approximate surface area is 178 Å². The summed E-state index contributed by atoms with van der Waals surface area (Å²) in [6.07, 6.45) is 2.74. The lowest BCUT2D eigenvalue weighted by Crippen LogP contribution is -2.41. The van der Waals surface area contributed by atoms with E-state index in [0.29, 0.717) is 21.6 Å². The second-order valence-electron chi connectivity index (χ2n) is 7.46. The van der Waals surface area contributed by atoms with Gasteiger partial charge in [-0.05, 0) is 62.2 Å². The third-order valence-electron chi connectivity index (χ3n) is 5.42. The summed E-state index contributed by atoms with van der Waals surface area (Å²) in [7, 11) is -1.82. The van der Waals surface area contributed by atoms with E-state index in [1.165, 1.54) is 52.0 Å². The van der Waals surface area contributed by atoms with Crippen LogP contribution in [0, 0.1) is 5.82 Å². The summed E-state index contributed by atoms with van der Waals surface area (Å²) in [5.41, 5.74) is 1.08. The lowest BCUT2D eigenvalue weighted by atomic mass is 10.1. The van der Waals surface area contributed by atoms with Gasteiger partial charge in [0.25, 0.3) is 5.91 Å². The van der Waals surface area contributed by atoms with Crippen molar-refractivity contribution in [3.63, 3.8) is 0 Å². The largest absolute Gasteiger partial charge is 0.319 e. The van der Waals surface area contributed by atoms with Crippen molar-refractivity contribution in [3.8, 4) is 0 Å². The highest BCUT2D eigenvalue weighted by Crippen LogP contribution is 2.25. The summed E-state index contributed by atoms with van der Waals surface area (Å²) >= 11 is 1.22. The zero-order valence-electron chi connectivity index (χ0n) is 16.7. The molecule has 1 atom stereocenters. The minimum atomic E-state index is -3.59. The molecule has 1 amide bonds. The molecule has 4 rings (SSSR count). The van der Waals surface area contributed by atoms with Crippen molar-refractivity contribution in [1.82, 2.24) is 8.87 Å². The van der Waals surface area contributed by atoms with E-state index >= 15 is 0 Å². The van der Waals surface area contributed by atoms with Crippen molar-refractivity contribution in [2.24, 2.45) is 12.0 Å². The molecule has 0 bridgehead atoms. The molecular formula is C21H22FN3O3S2. The van der Waals surface area contributed by atoms with Crippen molar-refractivity contribution < 1.29 is 17.6 Å². The quantitative estimate of drug-likeness (QED) is 0.615.